The van der Waals surface area contributed by atoms with E-state index in [0.29, 0.717) is 18.3 Å². The van der Waals surface area contributed by atoms with Crippen LogP contribution in [0.5, 0.6) is 11.5 Å². The lowest BCUT2D eigenvalue weighted by Crippen LogP contribution is -2.32. The van der Waals surface area contributed by atoms with E-state index in [9.17, 15) is 19.8 Å². The average molecular weight is 497 g/mol. The quantitative estimate of drug-likeness (QED) is 0.418. The second kappa shape index (κ2) is 11.7. The Labute approximate surface area is 210 Å². The number of hydrogen-bond acceptors (Lipinski definition) is 5. The van der Waals surface area contributed by atoms with Crippen molar-refractivity contribution in [3.05, 3.63) is 77.9 Å². The van der Waals surface area contributed by atoms with Crippen LogP contribution in [0, 0.1) is 5.92 Å². The summed E-state index contributed by atoms with van der Waals surface area (Å²) >= 11 is 0. The van der Waals surface area contributed by atoms with E-state index in [-0.39, 0.29) is 35.0 Å². The molecule has 0 unspecified atom stereocenters. The van der Waals surface area contributed by atoms with Crippen molar-refractivity contribution in [2.75, 3.05) is 32.1 Å². The summed E-state index contributed by atoms with van der Waals surface area (Å²) in [5.41, 5.74) is 1.78. The van der Waals surface area contributed by atoms with E-state index < -0.39 is 11.9 Å². The number of anilines is 1. The van der Waals surface area contributed by atoms with E-state index in [1.165, 1.54) is 18.2 Å². The Morgan fingerprint density at radius 2 is 1.69 bits per heavy atom. The fourth-order valence-electron chi connectivity index (χ4n) is 4.06. The van der Waals surface area contributed by atoms with E-state index >= 15 is 0 Å². The number of aromatic hydroxyl groups is 1. The van der Waals surface area contributed by atoms with Gasteiger partial charge in [-0.05, 0) is 80.4 Å². The highest BCUT2D eigenvalue weighted by molar-refractivity contribution is 6.09. The minimum Gasteiger partial charge on any atom is -0.507 e. The highest BCUT2D eigenvalue weighted by Gasteiger charge is 2.20. The molecule has 1 fully saturated rings. The number of phenols is 1. The maximum atomic E-state index is 13.0. The smallest absolute Gasteiger partial charge is 0.337 e. The number of carbonyl (C=O) groups is 2. The van der Waals surface area contributed by atoms with Gasteiger partial charge in [-0.3, -0.25) is 4.79 Å². The zero-order valence-corrected chi connectivity index (χ0v) is 20.3. The number of rotatable bonds is 7. The van der Waals surface area contributed by atoms with Crippen molar-refractivity contribution in [2.24, 2.45) is 5.92 Å². The number of carboxylic acid groups (broad SMARTS) is 1. The summed E-state index contributed by atoms with van der Waals surface area (Å²) in [5.74, 6) is -1.05. The molecule has 3 N–H and O–H groups in total. The average Bonchev–Trinajstić information content (AvgIpc) is 2.84. The van der Waals surface area contributed by atoms with Crippen molar-refractivity contribution in [1.82, 2.24) is 4.90 Å². The van der Waals surface area contributed by atoms with Crippen LogP contribution in [-0.4, -0.2) is 53.7 Å². The number of halogens is 1. The number of hydrogen-bond donors (Lipinski definition) is 3. The molecule has 0 spiro atoms. The van der Waals surface area contributed by atoms with Crippen molar-refractivity contribution < 1.29 is 24.5 Å². The minimum absolute atomic E-state index is 0. The summed E-state index contributed by atoms with van der Waals surface area (Å²) in [6, 6.07) is 18.8. The molecule has 1 amide bonds. The fourth-order valence-corrected chi connectivity index (χ4v) is 4.06. The number of benzene rings is 3. The largest absolute Gasteiger partial charge is 0.507 e. The Balaban J connectivity index is 0.00000342. The normalized spacial score (nSPS) is 14.1. The zero-order valence-electron chi connectivity index (χ0n) is 19.4. The van der Waals surface area contributed by atoms with Gasteiger partial charge in [0.25, 0.3) is 5.91 Å². The second-order valence-corrected chi connectivity index (χ2v) is 8.62. The van der Waals surface area contributed by atoms with Gasteiger partial charge in [-0.15, -0.1) is 12.4 Å². The Morgan fingerprint density at radius 1 is 0.971 bits per heavy atom. The molecule has 0 aliphatic carbocycles. The molecule has 4 rings (SSSR count). The van der Waals surface area contributed by atoms with Gasteiger partial charge in [0.1, 0.15) is 11.5 Å². The molecule has 3 aromatic carbocycles. The highest BCUT2D eigenvalue weighted by atomic mass is 35.5. The van der Waals surface area contributed by atoms with Gasteiger partial charge in [-0.25, -0.2) is 4.79 Å². The molecule has 0 aromatic heterocycles. The molecule has 7 nitrogen and oxygen atoms in total. The summed E-state index contributed by atoms with van der Waals surface area (Å²) in [6.45, 7) is 2.61. The van der Waals surface area contributed by atoms with Crippen molar-refractivity contribution in [3.8, 4) is 22.6 Å². The molecule has 1 aliphatic rings. The van der Waals surface area contributed by atoms with E-state index in [4.69, 9.17) is 4.74 Å². The van der Waals surface area contributed by atoms with Gasteiger partial charge in [0.05, 0.1) is 23.4 Å². The summed E-state index contributed by atoms with van der Waals surface area (Å²) < 4.78 is 5.91. The number of amides is 1. The number of nitrogens with zero attached hydrogens (tertiary/aromatic N) is 1. The lowest BCUT2D eigenvalue weighted by Gasteiger charge is -2.28. The molecule has 1 heterocycles. The van der Waals surface area contributed by atoms with Crippen molar-refractivity contribution in [1.29, 1.82) is 0 Å². The summed E-state index contributed by atoms with van der Waals surface area (Å²) in [5, 5.41) is 22.6. The molecule has 1 saturated heterocycles. The SMILES string of the molecule is CN1CCC(COc2ccc(O)c(C(=O)Nc3cc(-c4ccccc4)ccc3C(=O)O)c2)CC1.Cl. The first-order chi connectivity index (χ1) is 16.4. The lowest BCUT2D eigenvalue weighted by molar-refractivity contribution is 0.0698. The van der Waals surface area contributed by atoms with Gasteiger partial charge in [-0.1, -0.05) is 36.4 Å². The van der Waals surface area contributed by atoms with Crippen LogP contribution in [0.3, 0.4) is 0 Å². The monoisotopic (exact) mass is 496 g/mol. The highest BCUT2D eigenvalue weighted by Crippen LogP contribution is 2.29. The van der Waals surface area contributed by atoms with Crippen LogP contribution in [0.25, 0.3) is 11.1 Å². The van der Waals surface area contributed by atoms with Crippen LogP contribution in [0.15, 0.2) is 66.7 Å². The van der Waals surface area contributed by atoms with Crippen LogP contribution >= 0.6 is 12.4 Å². The maximum absolute atomic E-state index is 13.0. The van der Waals surface area contributed by atoms with E-state index in [2.05, 4.69) is 17.3 Å². The van der Waals surface area contributed by atoms with Gasteiger partial charge in [0.2, 0.25) is 0 Å². The van der Waals surface area contributed by atoms with Gasteiger partial charge < -0.3 is 25.2 Å². The van der Waals surface area contributed by atoms with Gasteiger partial charge in [0.15, 0.2) is 0 Å². The molecule has 0 radical (unpaired) electrons. The number of ether oxygens (including phenoxy) is 1. The maximum Gasteiger partial charge on any atom is 0.337 e. The molecule has 8 heteroatoms. The lowest BCUT2D eigenvalue weighted by atomic mass is 9.98. The van der Waals surface area contributed by atoms with E-state index in [1.54, 1.807) is 18.2 Å². The number of likely N-dealkylation sites (tertiary alicyclic amines) is 1. The Morgan fingerprint density at radius 3 is 2.37 bits per heavy atom. The third-order valence-electron chi connectivity index (χ3n) is 6.14. The number of carboxylic acids is 1. The number of aromatic carboxylic acids is 1. The van der Waals surface area contributed by atoms with E-state index in [1.807, 2.05) is 30.3 Å². The molecule has 0 saturated carbocycles. The fraction of sp³-hybridized carbons (Fsp3) is 0.259. The van der Waals surface area contributed by atoms with Gasteiger partial charge in [0, 0.05) is 0 Å². The first-order valence-electron chi connectivity index (χ1n) is 11.3. The predicted molar refractivity (Wildman–Crippen MR) is 138 cm³/mol. The van der Waals surface area contributed by atoms with Crippen LogP contribution in [-0.2, 0) is 0 Å². The number of carbonyl (C=O) groups excluding carboxylic acids is 1. The Bertz CT molecular complexity index is 1180. The van der Waals surface area contributed by atoms with Crippen molar-refractivity contribution >= 4 is 30.0 Å². The van der Waals surface area contributed by atoms with E-state index in [0.717, 1.165) is 37.1 Å². The topological polar surface area (TPSA) is 99.1 Å². The summed E-state index contributed by atoms with van der Waals surface area (Å²) in [4.78, 5) is 27.1. The van der Waals surface area contributed by atoms with Crippen LogP contribution in [0.2, 0.25) is 0 Å². The van der Waals surface area contributed by atoms with Crippen LogP contribution in [0.1, 0.15) is 33.6 Å². The minimum atomic E-state index is -1.16. The molecule has 1 aliphatic heterocycles. The molecular formula is C27H29ClN2O5. The van der Waals surface area contributed by atoms with Crippen molar-refractivity contribution in [2.45, 2.75) is 12.8 Å². The first kappa shape index (κ1) is 26.1. The molecule has 35 heavy (non-hydrogen) atoms. The third kappa shape index (κ3) is 6.53. The molecule has 184 valence electrons. The Hall–Kier alpha value is -3.55. The third-order valence-corrected chi connectivity index (χ3v) is 6.14. The first-order valence-corrected chi connectivity index (χ1v) is 11.3. The van der Waals surface area contributed by atoms with Gasteiger partial charge >= 0.3 is 5.97 Å². The Kier molecular flexibility index (Phi) is 8.73. The van der Waals surface area contributed by atoms with Gasteiger partial charge in [-0.2, -0.15) is 0 Å². The number of nitrogens with one attached hydrogen (secondary N) is 1. The zero-order chi connectivity index (χ0) is 24.1. The molecule has 0 atom stereocenters. The molecular weight excluding hydrogens is 468 g/mol. The molecule has 3 aromatic rings. The number of piperidine rings is 1. The van der Waals surface area contributed by atoms with Crippen molar-refractivity contribution in [3.63, 3.8) is 0 Å². The predicted octanol–water partition coefficient (Wildman–Crippen LogP) is 5.15. The van der Waals surface area contributed by atoms with Crippen LogP contribution < -0.4 is 10.1 Å². The standard InChI is InChI=1S/C27H28N2O5.ClH/c1-29-13-11-18(12-14-29)17-34-21-8-10-25(30)23(16-21)26(31)28-24-15-20(7-9-22(24)27(32)33)19-5-3-2-4-6-19;/h2-10,15-16,18,30H,11-14,17H2,1H3,(H,28,31)(H,32,33);1H. The second-order valence-electron chi connectivity index (χ2n) is 8.62. The summed E-state index contributed by atoms with van der Waals surface area (Å²) in [6.07, 6.45) is 2.11. The molecule has 0 bridgehead atoms. The number of phenolic OH excluding ortho intramolecular Hbond substituents is 1. The van der Waals surface area contributed by atoms with Crippen LogP contribution in [0.4, 0.5) is 5.69 Å². The summed E-state index contributed by atoms with van der Waals surface area (Å²) in [7, 11) is 2.10.